The number of carbonyl (C=O) groups is 2. The van der Waals surface area contributed by atoms with Crippen molar-refractivity contribution in [2.45, 2.75) is 25.5 Å². The standard InChI is InChI=1S/C27H25ClN2O4/c1-33-22-9-5-8-18(16-22)10-15-23-24(26(31)34-17-19-6-3-2-4-7-19)25(30-27(32)29-23)20-11-13-21(28)14-12-20/h2-9,11-14,16,25H,10,15,17H2,1H3,(H2,29,30,32). The van der Waals surface area contributed by atoms with Gasteiger partial charge in [-0.1, -0.05) is 66.2 Å². The molecule has 7 heteroatoms. The number of aryl methyl sites for hydroxylation is 1. The molecule has 0 bridgehead atoms. The van der Waals surface area contributed by atoms with Crippen LogP contribution in [0.15, 0.2) is 90.1 Å². The monoisotopic (exact) mass is 476 g/mol. The molecule has 3 aromatic carbocycles. The van der Waals surface area contributed by atoms with E-state index in [-0.39, 0.29) is 12.6 Å². The van der Waals surface area contributed by atoms with Gasteiger partial charge >= 0.3 is 12.0 Å². The highest BCUT2D eigenvalue weighted by Gasteiger charge is 2.33. The quantitative estimate of drug-likeness (QED) is 0.431. The summed E-state index contributed by atoms with van der Waals surface area (Å²) in [5.74, 6) is 0.263. The Morgan fingerprint density at radius 2 is 1.68 bits per heavy atom. The molecule has 3 aromatic rings. The first-order chi connectivity index (χ1) is 16.5. The summed E-state index contributed by atoms with van der Waals surface area (Å²) in [4.78, 5) is 25.9. The van der Waals surface area contributed by atoms with Crippen molar-refractivity contribution in [3.63, 3.8) is 0 Å². The minimum atomic E-state index is -0.658. The third kappa shape index (κ3) is 5.77. The molecule has 0 aliphatic carbocycles. The van der Waals surface area contributed by atoms with Gasteiger partial charge in [-0.2, -0.15) is 0 Å². The summed E-state index contributed by atoms with van der Waals surface area (Å²) in [7, 11) is 1.62. The average molecular weight is 477 g/mol. The lowest BCUT2D eigenvalue weighted by atomic mass is 9.93. The number of urea groups is 1. The number of amides is 2. The molecule has 1 aliphatic heterocycles. The number of allylic oxidation sites excluding steroid dienone is 1. The molecule has 0 fully saturated rings. The molecule has 174 valence electrons. The zero-order chi connectivity index (χ0) is 23.9. The Kier molecular flexibility index (Phi) is 7.50. The maximum absolute atomic E-state index is 13.3. The van der Waals surface area contributed by atoms with Crippen molar-refractivity contribution in [3.05, 3.63) is 112 Å². The summed E-state index contributed by atoms with van der Waals surface area (Å²) in [6, 6.07) is 23.2. The molecule has 0 saturated carbocycles. The van der Waals surface area contributed by atoms with Crippen LogP contribution in [-0.2, 0) is 22.6 Å². The van der Waals surface area contributed by atoms with E-state index in [1.807, 2.05) is 54.6 Å². The van der Waals surface area contributed by atoms with Crippen molar-refractivity contribution in [2.24, 2.45) is 0 Å². The number of hydrogen-bond donors (Lipinski definition) is 2. The molecule has 0 radical (unpaired) electrons. The van der Waals surface area contributed by atoms with Crippen LogP contribution in [0, 0.1) is 0 Å². The normalized spacial score (nSPS) is 15.4. The number of carbonyl (C=O) groups excluding carboxylic acids is 2. The Balaban J connectivity index is 1.64. The van der Waals surface area contributed by atoms with Gasteiger partial charge in [0.1, 0.15) is 12.4 Å². The van der Waals surface area contributed by atoms with E-state index in [0.717, 1.165) is 22.4 Å². The van der Waals surface area contributed by atoms with Gasteiger partial charge in [-0.3, -0.25) is 0 Å². The Bertz CT molecular complexity index is 1190. The van der Waals surface area contributed by atoms with Crippen LogP contribution in [0.2, 0.25) is 5.02 Å². The molecule has 1 unspecified atom stereocenters. The van der Waals surface area contributed by atoms with Gasteiger partial charge in [-0.15, -0.1) is 0 Å². The topological polar surface area (TPSA) is 76.7 Å². The van der Waals surface area contributed by atoms with Gasteiger partial charge in [0.2, 0.25) is 0 Å². The van der Waals surface area contributed by atoms with Crippen molar-refractivity contribution < 1.29 is 19.1 Å². The number of benzene rings is 3. The van der Waals surface area contributed by atoms with Gasteiger partial charge in [-0.05, 0) is 53.8 Å². The van der Waals surface area contributed by atoms with Gasteiger partial charge < -0.3 is 20.1 Å². The van der Waals surface area contributed by atoms with Gasteiger partial charge in [0.05, 0.1) is 18.7 Å². The number of esters is 1. The van der Waals surface area contributed by atoms with Crippen molar-refractivity contribution in [3.8, 4) is 5.75 Å². The summed E-state index contributed by atoms with van der Waals surface area (Å²) in [5.41, 5.74) is 3.56. The third-order valence-electron chi connectivity index (χ3n) is 5.59. The highest BCUT2D eigenvalue weighted by Crippen LogP contribution is 2.30. The van der Waals surface area contributed by atoms with Gasteiger partial charge in [0, 0.05) is 10.7 Å². The van der Waals surface area contributed by atoms with E-state index in [1.54, 1.807) is 31.4 Å². The van der Waals surface area contributed by atoms with E-state index >= 15 is 0 Å². The van der Waals surface area contributed by atoms with Crippen molar-refractivity contribution >= 4 is 23.6 Å². The van der Waals surface area contributed by atoms with E-state index in [1.165, 1.54) is 0 Å². The Morgan fingerprint density at radius 3 is 2.41 bits per heavy atom. The Labute approximate surface area is 203 Å². The predicted octanol–water partition coefficient (Wildman–Crippen LogP) is 5.33. The Hall–Kier alpha value is -3.77. The van der Waals surface area contributed by atoms with Crippen LogP contribution >= 0.6 is 11.6 Å². The molecule has 1 heterocycles. The van der Waals surface area contributed by atoms with Crippen LogP contribution < -0.4 is 15.4 Å². The molecule has 1 aliphatic rings. The van der Waals surface area contributed by atoms with Crippen LogP contribution in [-0.4, -0.2) is 19.1 Å². The van der Waals surface area contributed by atoms with E-state index in [0.29, 0.717) is 29.1 Å². The molecule has 4 rings (SSSR count). The predicted molar refractivity (Wildman–Crippen MR) is 130 cm³/mol. The van der Waals surface area contributed by atoms with Gasteiger partial charge in [0.15, 0.2) is 0 Å². The number of rotatable bonds is 8. The van der Waals surface area contributed by atoms with Crippen LogP contribution in [0.5, 0.6) is 5.75 Å². The first kappa shape index (κ1) is 23.4. The molecule has 1 atom stereocenters. The van der Waals surface area contributed by atoms with Crippen molar-refractivity contribution in [2.75, 3.05) is 7.11 Å². The molecule has 0 saturated heterocycles. The molecule has 6 nitrogen and oxygen atoms in total. The number of ether oxygens (including phenoxy) is 2. The van der Waals surface area contributed by atoms with Crippen LogP contribution in [0.25, 0.3) is 0 Å². The first-order valence-corrected chi connectivity index (χ1v) is 11.3. The van der Waals surface area contributed by atoms with Gasteiger partial charge in [0.25, 0.3) is 0 Å². The second-order valence-corrected chi connectivity index (χ2v) is 8.32. The molecule has 0 spiro atoms. The zero-order valence-electron chi connectivity index (χ0n) is 18.7. The molecular weight excluding hydrogens is 452 g/mol. The summed E-state index contributed by atoms with van der Waals surface area (Å²) in [6.07, 6.45) is 1.05. The molecule has 2 N–H and O–H groups in total. The average Bonchev–Trinajstić information content (AvgIpc) is 2.87. The lowest BCUT2D eigenvalue weighted by Crippen LogP contribution is -2.46. The third-order valence-corrected chi connectivity index (χ3v) is 5.84. The lowest BCUT2D eigenvalue weighted by Gasteiger charge is -2.29. The smallest absolute Gasteiger partial charge is 0.338 e. The summed E-state index contributed by atoms with van der Waals surface area (Å²) < 4.78 is 11.0. The fourth-order valence-electron chi connectivity index (χ4n) is 3.86. The maximum Gasteiger partial charge on any atom is 0.338 e. The molecule has 0 aromatic heterocycles. The van der Waals surface area contributed by atoms with Crippen LogP contribution in [0.4, 0.5) is 4.79 Å². The van der Waals surface area contributed by atoms with Crippen molar-refractivity contribution in [1.29, 1.82) is 0 Å². The minimum Gasteiger partial charge on any atom is -0.497 e. The van der Waals surface area contributed by atoms with E-state index in [2.05, 4.69) is 10.6 Å². The minimum absolute atomic E-state index is 0.133. The number of nitrogens with one attached hydrogen (secondary N) is 2. The second kappa shape index (κ2) is 10.9. The largest absolute Gasteiger partial charge is 0.497 e. The summed E-state index contributed by atoms with van der Waals surface area (Å²) in [6.45, 7) is 0.133. The molecule has 34 heavy (non-hydrogen) atoms. The summed E-state index contributed by atoms with van der Waals surface area (Å²) >= 11 is 6.05. The highest BCUT2D eigenvalue weighted by atomic mass is 35.5. The summed E-state index contributed by atoms with van der Waals surface area (Å²) in [5, 5.41) is 6.25. The molecular formula is C27H25ClN2O4. The number of hydrogen-bond acceptors (Lipinski definition) is 4. The van der Waals surface area contributed by atoms with E-state index in [4.69, 9.17) is 21.1 Å². The number of methoxy groups -OCH3 is 1. The maximum atomic E-state index is 13.3. The fraction of sp³-hybridized carbons (Fsp3) is 0.185. The first-order valence-electron chi connectivity index (χ1n) is 10.9. The van der Waals surface area contributed by atoms with Gasteiger partial charge in [-0.25, -0.2) is 9.59 Å². The van der Waals surface area contributed by atoms with E-state index < -0.39 is 12.0 Å². The second-order valence-electron chi connectivity index (χ2n) is 7.89. The zero-order valence-corrected chi connectivity index (χ0v) is 19.5. The number of halogens is 1. The lowest BCUT2D eigenvalue weighted by molar-refractivity contribution is -0.140. The van der Waals surface area contributed by atoms with Crippen LogP contribution in [0.3, 0.4) is 0 Å². The molecule has 2 amide bonds. The Morgan fingerprint density at radius 1 is 0.941 bits per heavy atom. The highest BCUT2D eigenvalue weighted by molar-refractivity contribution is 6.30. The SMILES string of the molecule is COc1cccc(CCC2=C(C(=O)OCc3ccccc3)C(c3ccc(Cl)cc3)NC(=O)N2)c1. The fourth-order valence-corrected chi connectivity index (χ4v) is 3.99. The van der Waals surface area contributed by atoms with Crippen LogP contribution in [0.1, 0.15) is 29.2 Å². The van der Waals surface area contributed by atoms with E-state index in [9.17, 15) is 9.59 Å². The van der Waals surface area contributed by atoms with Crippen molar-refractivity contribution in [1.82, 2.24) is 10.6 Å².